The maximum Gasteiger partial charge on any atom is 0.237 e. The van der Waals surface area contributed by atoms with Gasteiger partial charge in [-0.3, -0.25) is 4.79 Å². The topological polar surface area (TPSA) is 41.1 Å². The lowest BCUT2D eigenvalue weighted by molar-refractivity contribution is -0.123. The summed E-state index contributed by atoms with van der Waals surface area (Å²) in [6, 6.07) is 8.23. The number of rotatable bonds is 3. The van der Waals surface area contributed by atoms with Crippen molar-refractivity contribution in [2.24, 2.45) is 0 Å². The Kier molecular flexibility index (Phi) is 3.57. The maximum atomic E-state index is 11.8. The summed E-state index contributed by atoms with van der Waals surface area (Å²) < 4.78 is 0. The predicted octanol–water partition coefficient (Wildman–Crippen LogP) is 1.23. The molecule has 0 fully saturated rings. The molecule has 0 spiro atoms. The highest BCUT2D eigenvalue weighted by Gasteiger charge is 2.22. The average molecular weight is 218 g/mol. The van der Waals surface area contributed by atoms with Gasteiger partial charge in [0.1, 0.15) is 0 Å². The Morgan fingerprint density at radius 2 is 2.19 bits per heavy atom. The van der Waals surface area contributed by atoms with Crippen LogP contribution in [0.2, 0.25) is 0 Å². The second kappa shape index (κ2) is 5.12. The van der Waals surface area contributed by atoms with E-state index in [-0.39, 0.29) is 11.9 Å². The van der Waals surface area contributed by atoms with Gasteiger partial charge in [0.25, 0.3) is 0 Å². The molecule has 2 N–H and O–H groups in total. The first-order valence-electron chi connectivity index (χ1n) is 5.89. The van der Waals surface area contributed by atoms with Gasteiger partial charge in [-0.25, -0.2) is 0 Å². The zero-order valence-electron chi connectivity index (χ0n) is 9.62. The van der Waals surface area contributed by atoms with Crippen LogP contribution in [0.3, 0.4) is 0 Å². The first kappa shape index (κ1) is 11.1. The fourth-order valence-electron chi connectivity index (χ4n) is 2.01. The number of carbonyl (C=O) groups excluding carboxylic acids is 1. The molecule has 16 heavy (non-hydrogen) atoms. The second-order valence-corrected chi connectivity index (χ2v) is 4.20. The number of nitrogens with one attached hydrogen (secondary N) is 2. The number of amides is 1. The van der Waals surface area contributed by atoms with Crippen molar-refractivity contribution in [3.8, 4) is 0 Å². The minimum Gasteiger partial charge on any atom is -0.355 e. The van der Waals surface area contributed by atoms with Crippen molar-refractivity contribution in [2.45, 2.75) is 32.4 Å². The molecular formula is C13H18N2O. The zero-order valence-corrected chi connectivity index (χ0v) is 9.62. The number of fused-ring (bicyclic) bond motifs is 1. The van der Waals surface area contributed by atoms with Crippen LogP contribution in [-0.4, -0.2) is 18.5 Å². The van der Waals surface area contributed by atoms with E-state index in [2.05, 4.69) is 29.7 Å². The first-order valence-corrected chi connectivity index (χ1v) is 5.89. The molecule has 3 nitrogen and oxygen atoms in total. The monoisotopic (exact) mass is 218 g/mol. The smallest absolute Gasteiger partial charge is 0.237 e. The normalized spacial score (nSPS) is 18.9. The molecule has 1 aromatic rings. The van der Waals surface area contributed by atoms with Gasteiger partial charge in [0.15, 0.2) is 0 Å². The van der Waals surface area contributed by atoms with E-state index in [1.165, 1.54) is 11.1 Å². The standard InChI is InChI=1S/C13H18N2O/c1-2-7-14-13(16)12-8-10-5-3-4-6-11(10)9-15-12/h3-6,12,15H,2,7-9H2,1H3,(H,14,16). The van der Waals surface area contributed by atoms with Crippen molar-refractivity contribution in [3.63, 3.8) is 0 Å². The van der Waals surface area contributed by atoms with E-state index in [1.807, 2.05) is 12.1 Å². The van der Waals surface area contributed by atoms with Crippen LogP contribution in [0.25, 0.3) is 0 Å². The summed E-state index contributed by atoms with van der Waals surface area (Å²) in [4.78, 5) is 11.8. The van der Waals surface area contributed by atoms with Gasteiger partial charge in [-0.05, 0) is 24.0 Å². The van der Waals surface area contributed by atoms with E-state index >= 15 is 0 Å². The molecule has 1 amide bonds. The summed E-state index contributed by atoms with van der Waals surface area (Å²) in [5.41, 5.74) is 2.60. The summed E-state index contributed by atoms with van der Waals surface area (Å²) in [6.45, 7) is 3.61. The molecule has 1 heterocycles. The molecule has 3 heteroatoms. The summed E-state index contributed by atoms with van der Waals surface area (Å²) in [7, 11) is 0. The Hall–Kier alpha value is -1.35. The van der Waals surface area contributed by atoms with Crippen LogP contribution in [0.1, 0.15) is 24.5 Å². The third kappa shape index (κ3) is 2.42. The van der Waals surface area contributed by atoms with E-state index in [0.29, 0.717) is 0 Å². The molecule has 86 valence electrons. The Balaban J connectivity index is 1.99. The SMILES string of the molecule is CCCNC(=O)C1Cc2ccccc2CN1. The Morgan fingerprint density at radius 1 is 1.44 bits per heavy atom. The highest BCUT2D eigenvalue weighted by molar-refractivity contribution is 5.82. The second-order valence-electron chi connectivity index (χ2n) is 4.20. The van der Waals surface area contributed by atoms with Crippen LogP contribution in [0.5, 0.6) is 0 Å². The third-order valence-electron chi connectivity index (χ3n) is 2.95. The van der Waals surface area contributed by atoms with Crippen LogP contribution in [-0.2, 0) is 17.8 Å². The summed E-state index contributed by atoms with van der Waals surface area (Å²) in [5, 5.41) is 6.20. The summed E-state index contributed by atoms with van der Waals surface area (Å²) in [5.74, 6) is 0.122. The molecule has 0 saturated carbocycles. The van der Waals surface area contributed by atoms with Crippen molar-refractivity contribution in [3.05, 3.63) is 35.4 Å². The predicted molar refractivity (Wildman–Crippen MR) is 64.1 cm³/mol. The van der Waals surface area contributed by atoms with Crippen molar-refractivity contribution >= 4 is 5.91 Å². The van der Waals surface area contributed by atoms with Crippen LogP contribution in [0.4, 0.5) is 0 Å². The van der Waals surface area contributed by atoms with Gasteiger partial charge in [-0.2, -0.15) is 0 Å². The first-order chi connectivity index (χ1) is 7.81. The van der Waals surface area contributed by atoms with Gasteiger partial charge < -0.3 is 10.6 Å². The van der Waals surface area contributed by atoms with E-state index in [4.69, 9.17) is 0 Å². The summed E-state index contributed by atoms with van der Waals surface area (Å²) >= 11 is 0. The van der Waals surface area contributed by atoms with Crippen molar-refractivity contribution in [1.29, 1.82) is 0 Å². The largest absolute Gasteiger partial charge is 0.355 e. The number of hydrogen-bond donors (Lipinski definition) is 2. The van der Waals surface area contributed by atoms with Crippen LogP contribution < -0.4 is 10.6 Å². The number of benzene rings is 1. The number of carbonyl (C=O) groups is 1. The molecule has 0 radical (unpaired) electrons. The lowest BCUT2D eigenvalue weighted by atomic mass is 9.95. The van der Waals surface area contributed by atoms with E-state index in [0.717, 1.165) is 25.9 Å². The Bertz CT molecular complexity index is 376. The molecule has 1 aliphatic heterocycles. The molecular weight excluding hydrogens is 200 g/mol. The average Bonchev–Trinajstić information content (AvgIpc) is 2.35. The fraction of sp³-hybridized carbons (Fsp3) is 0.462. The minimum atomic E-state index is -0.0681. The third-order valence-corrected chi connectivity index (χ3v) is 2.95. The van der Waals surface area contributed by atoms with Crippen molar-refractivity contribution < 1.29 is 4.79 Å². The van der Waals surface area contributed by atoms with Crippen molar-refractivity contribution in [2.75, 3.05) is 6.54 Å². The van der Waals surface area contributed by atoms with Gasteiger partial charge >= 0.3 is 0 Å². The van der Waals surface area contributed by atoms with Crippen molar-refractivity contribution in [1.82, 2.24) is 10.6 Å². The zero-order chi connectivity index (χ0) is 11.4. The quantitative estimate of drug-likeness (QED) is 0.801. The molecule has 1 aliphatic rings. The molecule has 2 rings (SSSR count). The lowest BCUT2D eigenvalue weighted by Gasteiger charge is -2.25. The highest BCUT2D eigenvalue weighted by atomic mass is 16.2. The summed E-state index contributed by atoms with van der Waals surface area (Å²) in [6.07, 6.45) is 1.78. The van der Waals surface area contributed by atoms with Gasteiger partial charge in [-0.1, -0.05) is 31.2 Å². The highest BCUT2D eigenvalue weighted by Crippen LogP contribution is 2.16. The van der Waals surface area contributed by atoms with Crippen LogP contribution in [0.15, 0.2) is 24.3 Å². The van der Waals surface area contributed by atoms with E-state index in [1.54, 1.807) is 0 Å². The van der Waals surface area contributed by atoms with Gasteiger partial charge in [0, 0.05) is 13.1 Å². The molecule has 1 atom stereocenters. The lowest BCUT2D eigenvalue weighted by Crippen LogP contribution is -2.47. The van der Waals surface area contributed by atoms with Gasteiger partial charge in [0.05, 0.1) is 6.04 Å². The molecule has 0 bridgehead atoms. The van der Waals surface area contributed by atoms with Gasteiger partial charge in [0.2, 0.25) is 5.91 Å². The van der Waals surface area contributed by atoms with Crippen LogP contribution >= 0.6 is 0 Å². The Morgan fingerprint density at radius 3 is 2.94 bits per heavy atom. The van der Waals surface area contributed by atoms with Gasteiger partial charge in [-0.15, -0.1) is 0 Å². The molecule has 1 unspecified atom stereocenters. The molecule has 0 saturated heterocycles. The molecule has 0 aromatic heterocycles. The minimum absolute atomic E-state index is 0.0681. The van der Waals surface area contributed by atoms with E-state index < -0.39 is 0 Å². The Labute approximate surface area is 96.2 Å². The maximum absolute atomic E-state index is 11.8. The fourth-order valence-corrected chi connectivity index (χ4v) is 2.01. The van der Waals surface area contributed by atoms with Crippen LogP contribution in [0, 0.1) is 0 Å². The molecule has 1 aromatic carbocycles. The molecule has 0 aliphatic carbocycles. The number of hydrogen-bond acceptors (Lipinski definition) is 2. The van der Waals surface area contributed by atoms with E-state index in [9.17, 15) is 4.79 Å².